The van der Waals surface area contributed by atoms with Crippen molar-refractivity contribution in [3.63, 3.8) is 0 Å². The third kappa shape index (κ3) is 4.68. The van der Waals surface area contributed by atoms with Gasteiger partial charge in [-0.2, -0.15) is 0 Å². The summed E-state index contributed by atoms with van der Waals surface area (Å²) in [4.78, 5) is 42.5. The van der Waals surface area contributed by atoms with Gasteiger partial charge in [-0.3, -0.25) is 9.59 Å². The minimum absolute atomic E-state index is 0.0546. The van der Waals surface area contributed by atoms with Gasteiger partial charge in [-0.05, 0) is 25.1 Å². The number of esters is 1. The lowest BCUT2D eigenvalue weighted by Crippen LogP contribution is -2.25. The van der Waals surface area contributed by atoms with Crippen molar-refractivity contribution >= 4 is 40.3 Å². The molecule has 7 heteroatoms. The summed E-state index contributed by atoms with van der Waals surface area (Å²) in [6, 6.07) is 14.4. The standard InChI is InChI=1S/C22H22N2O4S/c1-14(21(26)17-12-23-18-10-6-4-8-15(17)18)28-22(27)16-9-5-7-11-19(16)29-13-20(25)24(2)3/h4-12,14,23H,13H2,1-3H3/t14-/m0/s1. The maximum atomic E-state index is 12.8. The zero-order valence-corrected chi connectivity index (χ0v) is 17.3. The number of aromatic nitrogens is 1. The zero-order chi connectivity index (χ0) is 21.0. The van der Waals surface area contributed by atoms with Crippen LogP contribution in [0.15, 0.2) is 59.6 Å². The number of carbonyl (C=O) groups excluding carboxylic acids is 3. The van der Waals surface area contributed by atoms with E-state index in [9.17, 15) is 14.4 Å². The van der Waals surface area contributed by atoms with Gasteiger partial charge >= 0.3 is 5.97 Å². The fraction of sp³-hybridized carbons (Fsp3) is 0.227. The Labute approximate surface area is 173 Å². The quantitative estimate of drug-likeness (QED) is 0.364. The maximum absolute atomic E-state index is 12.8. The number of rotatable bonds is 7. The molecule has 2 aromatic carbocycles. The highest BCUT2D eigenvalue weighted by Crippen LogP contribution is 2.25. The van der Waals surface area contributed by atoms with Gasteiger partial charge in [-0.1, -0.05) is 30.3 Å². The summed E-state index contributed by atoms with van der Waals surface area (Å²) in [5.74, 6) is -0.711. The molecule has 0 bridgehead atoms. The predicted molar refractivity (Wildman–Crippen MR) is 113 cm³/mol. The molecular formula is C22H22N2O4S. The molecule has 0 fully saturated rings. The summed E-state index contributed by atoms with van der Waals surface area (Å²) in [5.41, 5.74) is 1.67. The van der Waals surface area contributed by atoms with Crippen LogP contribution in [0.25, 0.3) is 10.9 Å². The van der Waals surface area contributed by atoms with E-state index in [1.54, 1.807) is 51.5 Å². The van der Waals surface area contributed by atoms with E-state index in [4.69, 9.17) is 4.74 Å². The highest BCUT2D eigenvalue weighted by molar-refractivity contribution is 8.00. The van der Waals surface area contributed by atoms with Crippen LogP contribution in [-0.4, -0.2) is 53.5 Å². The first-order chi connectivity index (χ1) is 13.9. The molecule has 0 unspecified atom stereocenters. The first-order valence-electron chi connectivity index (χ1n) is 9.11. The monoisotopic (exact) mass is 410 g/mol. The van der Waals surface area contributed by atoms with E-state index in [0.29, 0.717) is 16.0 Å². The topological polar surface area (TPSA) is 79.5 Å². The number of Topliss-reactive ketones (excluding diaryl/α,β-unsaturated/α-hetero) is 1. The molecule has 0 spiro atoms. The molecule has 0 aliphatic heterocycles. The largest absolute Gasteiger partial charge is 0.451 e. The predicted octanol–water partition coefficient (Wildman–Crippen LogP) is 3.78. The van der Waals surface area contributed by atoms with Crippen LogP contribution < -0.4 is 0 Å². The number of thioether (sulfide) groups is 1. The molecule has 150 valence electrons. The van der Waals surface area contributed by atoms with Crippen molar-refractivity contribution < 1.29 is 19.1 Å². The van der Waals surface area contributed by atoms with Crippen LogP contribution >= 0.6 is 11.8 Å². The number of benzene rings is 2. The Balaban J connectivity index is 1.73. The fourth-order valence-electron chi connectivity index (χ4n) is 2.80. The van der Waals surface area contributed by atoms with Crippen LogP contribution in [0.1, 0.15) is 27.6 Å². The summed E-state index contributed by atoms with van der Waals surface area (Å²) >= 11 is 1.26. The molecule has 3 rings (SSSR count). The molecule has 0 radical (unpaired) electrons. The smallest absolute Gasteiger partial charge is 0.339 e. The van der Waals surface area contributed by atoms with Crippen LogP contribution in [-0.2, 0) is 9.53 Å². The first kappa shape index (κ1) is 20.7. The van der Waals surface area contributed by atoms with Crippen LogP contribution in [0, 0.1) is 0 Å². The molecule has 1 N–H and O–H groups in total. The molecule has 29 heavy (non-hydrogen) atoms. The van der Waals surface area contributed by atoms with Gasteiger partial charge in [0, 0.05) is 41.7 Å². The lowest BCUT2D eigenvalue weighted by atomic mass is 10.1. The molecule has 1 aromatic heterocycles. The second kappa shape index (κ2) is 8.96. The number of nitrogens with one attached hydrogen (secondary N) is 1. The number of aromatic amines is 1. The molecule has 0 aliphatic rings. The Bertz CT molecular complexity index is 1060. The van der Waals surface area contributed by atoms with Crippen molar-refractivity contribution in [1.29, 1.82) is 0 Å². The van der Waals surface area contributed by atoms with Crippen molar-refractivity contribution in [3.8, 4) is 0 Å². The van der Waals surface area contributed by atoms with E-state index >= 15 is 0 Å². The van der Waals surface area contributed by atoms with Crippen LogP contribution in [0.3, 0.4) is 0 Å². The second-order valence-corrected chi connectivity index (χ2v) is 7.75. The highest BCUT2D eigenvalue weighted by Gasteiger charge is 2.24. The fourth-order valence-corrected chi connectivity index (χ4v) is 3.82. The van der Waals surface area contributed by atoms with Crippen LogP contribution in [0.2, 0.25) is 0 Å². The van der Waals surface area contributed by atoms with Crippen molar-refractivity contribution in [1.82, 2.24) is 9.88 Å². The van der Waals surface area contributed by atoms with Gasteiger partial charge in [0.25, 0.3) is 0 Å². The highest BCUT2D eigenvalue weighted by atomic mass is 32.2. The number of H-pyrrole nitrogens is 1. The average molecular weight is 410 g/mol. The van der Waals surface area contributed by atoms with Gasteiger partial charge in [0.2, 0.25) is 11.7 Å². The summed E-state index contributed by atoms with van der Waals surface area (Å²) in [7, 11) is 3.36. The van der Waals surface area contributed by atoms with Crippen LogP contribution in [0.5, 0.6) is 0 Å². The molecule has 6 nitrogen and oxygen atoms in total. The summed E-state index contributed by atoms with van der Waals surface area (Å²) < 4.78 is 5.45. The number of amides is 1. The molecule has 0 aliphatic carbocycles. The molecule has 0 saturated heterocycles. The molecule has 3 aromatic rings. The number of ketones is 1. The number of hydrogen-bond acceptors (Lipinski definition) is 5. The van der Waals surface area contributed by atoms with E-state index in [1.807, 2.05) is 24.3 Å². The number of carbonyl (C=O) groups is 3. The van der Waals surface area contributed by atoms with Crippen molar-refractivity contribution in [2.75, 3.05) is 19.8 Å². The van der Waals surface area contributed by atoms with Gasteiger partial charge < -0.3 is 14.6 Å². The third-order valence-corrected chi connectivity index (χ3v) is 5.52. The minimum atomic E-state index is -0.942. The summed E-state index contributed by atoms with van der Waals surface area (Å²) in [6.45, 7) is 1.56. The molecular weight excluding hydrogens is 388 g/mol. The Hall–Kier alpha value is -3.06. The number of para-hydroxylation sites is 1. The Morgan fingerprint density at radius 3 is 2.48 bits per heavy atom. The van der Waals surface area contributed by atoms with E-state index in [0.717, 1.165) is 10.9 Å². The van der Waals surface area contributed by atoms with E-state index in [2.05, 4.69) is 4.98 Å². The Morgan fingerprint density at radius 1 is 1.03 bits per heavy atom. The van der Waals surface area contributed by atoms with Crippen molar-refractivity contribution in [3.05, 3.63) is 65.9 Å². The van der Waals surface area contributed by atoms with Gasteiger partial charge in [-0.15, -0.1) is 11.8 Å². The van der Waals surface area contributed by atoms with Gasteiger partial charge in [0.05, 0.1) is 11.3 Å². The lowest BCUT2D eigenvalue weighted by Gasteiger charge is -2.14. The van der Waals surface area contributed by atoms with Crippen molar-refractivity contribution in [2.24, 2.45) is 0 Å². The number of ether oxygens (including phenoxy) is 1. The minimum Gasteiger partial charge on any atom is -0.451 e. The average Bonchev–Trinajstić information content (AvgIpc) is 3.15. The van der Waals surface area contributed by atoms with E-state index < -0.39 is 12.1 Å². The number of fused-ring (bicyclic) bond motifs is 1. The lowest BCUT2D eigenvalue weighted by molar-refractivity contribution is -0.125. The Kier molecular flexibility index (Phi) is 6.39. The Morgan fingerprint density at radius 2 is 1.72 bits per heavy atom. The molecule has 1 atom stereocenters. The third-order valence-electron chi connectivity index (χ3n) is 4.46. The summed E-state index contributed by atoms with van der Waals surface area (Å²) in [6.07, 6.45) is 0.691. The molecule has 1 heterocycles. The van der Waals surface area contributed by atoms with Crippen LogP contribution in [0.4, 0.5) is 0 Å². The van der Waals surface area contributed by atoms with E-state index in [1.165, 1.54) is 16.7 Å². The normalized spacial score (nSPS) is 11.8. The zero-order valence-electron chi connectivity index (χ0n) is 16.5. The van der Waals surface area contributed by atoms with E-state index in [-0.39, 0.29) is 17.4 Å². The number of hydrogen-bond donors (Lipinski definition) is 1. The van der Waals surface area contributed by atoms with Gasteiger partial charge in [-0.25, -0.2) is 4.79 Å². The molecule has 1 amide bonds. The maximum Gasteiger partial charge on any atom is 0.339 e. The van der Waals surface area contributed by atoms with Crippen molar-refractivity contribution in [2.45, 2.75) is 17.9 Å². The first-order valence-corrected chi connectivity index (χ1v) is 10.1. The van der Waals surface area contributed by atoms with Gasteiger partial charge in [0.1, 0.15) is 0 Å². The summed E-state index contributed by atoms with van der Waals surface area (Å²) in [5, 5.41) is 0.790. The van der Waals surface area contributed by atoms with Gasteiger partial charge in [0.15, 0.2) is 6.10 Å². The molecule has 0 saturated carbocycles. The SMILES string of the molecule is C[C@H](OC(=O)c1ccccc1SCC(=O)N(C)C)C(=O)c1c[nH]c2ccccc12. The second-order valence-electron chi connectivity index (χ2n) is 6.73. The number of nitrogens with zero attached hydrogens (tertiary/aromatic N) is 1.